The Labute approximate surface area is 125 Å². The molecule has 0 amide bonds. The standard InChI is InChI=1S/C15H12FN3OS/c16-12-4-5-19(9-12)15-18-8-13(21-15)14(20)11-3-1-2-10(6-11)7-17/h1-3,6,8,12H,4-5,9H2/t12-/m1/s1. The first-order valence-electron chi connectivity index (χ1n) is 6.57. The lowest BCUT2D eigenvalue weighted by Crippen LogP contribution is -2.19. The monoisotopic (exact) mass is 301 g/mol. The van der Waals surface area contributed by atoms with Crippen LogP contribution >= 0.6 is 11.3 Å². The van der Waals surface area contributed by atoms with E-state index in [1.165, 1.54) is 17.5 Å². The van der Waals surface area contributed by atoms with Gasteiger partial charge in [0.2, 0.25) is 5.78 Å². The molecule has 0 bridgehead atoms. The van der Waals surface area contributed by atoms with Gasteiger partial charge in [0.1, 0.15) is 6.17 Å². The minimum Gasteiger partial charge on any atom is -0.345 e. The molecule has 0 aliphatic carbocycles. The molecule has 1 atom stereocenters. The van der Waals surface area contributed by atoms with Gasteiger partial charge in [0.05, 0.1) is 29.3 Å². The Hall–Kier alpha value is -2.26. The van der Waals surface area contributed by atoms with Gasteiger partial charge in [0.25, 0.3) is 0 Å². The molecule has 2 heterocycles. The van der Waals surface area contributed by atoms with Crippen LogP contribution in [0.4, 0.5) is 9.52 Å². The Bertz CT molecular complexity index is 722. The number of halogens is 1. The van der Waals surface area contributed by atoms with E-state index in [0.717, 1.165) is 0 Å². The molecule has 0 saturated carbocycles. The molecule has 1 aromatic heterocycles. The third kappa shape index (κ3) is 2.78. The van der Waals surface area contributed by atoms with Crippen molar-refractivity contribution in [1.82, 2.24) is 4.98 Å². The zero-order valence-corrected chi connectivity index (χ0v) is 11.9. The average Bonchev–Trinajstić information content (AvgIpc) is 3.15. The number of hydrogen-bond acceptors (Lipinski definition) is 5. The normalized spacial score (nSPS) is 17.7. The van der Waals surface area contributed by atoms with Crippen molar-refractivity contribution < 1.29 is 9.18 Å². The Balaban J connectivity index is 1.82. The number of hydrogen-bond donors (Lipinski definition) is 0. The molecular weight excluding hydrogens is 289 g/mol. The summed E-state index contributed by atoms with van der Waals surface area (Å²) in [5.41, 5.74) is 0.916. The quantitative estimate of drug-likeness (QED) is 0.818. The molecule has 1 aromatic carbocycles. The van der Waals surface area contributed by atoms with Gasteiger partial charge in [0, 0.05) is 12.1 Å². The molecular formula is C15H12FN3OS. The van der Waals surface area contributed by atoms with Gasteiger partial charge >= 0.3 is 0 Å². The maximum atomic E-state index is 13.2. The summed E-state index contributed by atoms with van der Waals surface area (Å²) in [6, 6.07) is 8.59. The third-order valence-electron chi connectivity index (χ3n) is 3.37. The topological polar surface area (TPSA) is 57.0 Å². The highest BCUT2D eigenvalue weighted by atomic mass is 32.1. The molecule has 1 saturated heterocycles. The van der Waals surface area contributed by atoms with Crippen LogP contribution in [0.2, 0.25) is 0 Å². The number of carbonyl (C=O) groups excluding carboxylic acids is 1. The van der Waals surface area contributed by atoms with Gasteiger partial charge in [-0.2, -0.15) is 5.26 Å². The van der Waals surface area contributed by atoms with Crippen molar-refractivity contribution in [2.45, 2.75) is 12.6 Å². The maximum Gasteiger partial charge on any atom is 0.204 e. The second-order valence-corrected chi connectivity index (χ2v) is 5.87. The summed E-state index contributed by atoms with van der Waals surface area (Å²) >= 11 is 1.26. The number of rotatable bonds is 3. The maximum absolute atomic E-state index is 13.2. The number of carbonyl (C=O) groups is 1. The predicted molar refractivity (Wildman–Crippen MR) is 78.4 cm³/mol. The van der Waals surface area contributed by atoms with Crippen LogP contribution in [-0.2, 0) is 0 Å². The van der Waals surface area contributed by atoms with Crippen molar-refractivity contribution in [1.29, 1.82) is 5.26 Å². The van der Waals surface area contributed by atoms with Crippen molar-refractivity contribution in [3.63, 3.8) is 0 Å². The minimum absolute atomic E-state index is 0.160. The SMILES string of the molecule is N#Cc1cccc(C(=O)c2cnc(N3CC[C@@H](F)C3)s2)c1. The summed E-state index contributed by atoms with van der Waals surface area (Å²) in [6.45, 7) is 0.970. The Morgan fingerprint density at radius 3 is 3.10 bits per heavy atom. The summed E-state index contributed by atoms with van der Waals surface area (Å²) in [5, 5.41) is 9.55. The molecule has 0 unspecified atom stereocenters. The zero-order chi connectivity index (χ0) is 14.8. The minimum atomic E-state index is -0.819. The van der Waals surface area contributed by atoms with Crippen LogP contribution < -0.4 is 4.90 Å². The van der Waals surface area contributed by atoms with Crippen molar-refractivity contribution in [2.75, 3.05) is 18.0 Å². The summed E-state index contributed by atoms with van der Waals surface area (Å²) in [7, 11) is 0. The van der Waals surface area contributed by atoms with E-state index in [2.05, 4.69) is 4.98 Å². The smallest absolute Gasteiger partial charge is 0.204 e. The molecule has 1 aliphatic rings. The molecule has 21 heavy (non-hydrogen) atoms. The summed E-state index contributed by atoms with van der Waals surface area (Å²) < 4.78 is 13.2. The number of nitriles is 1. The van der Waals surface area contributed by atoms with E-state index in [1.807, 2.05) is 11.0 Å². The highest BCUT2D eigenvalue weighted by Crippen LogP contribution is 2.28. The van der Waals surface area contributed by atoms with E-state index in [-0.39, 0.29) is 5.78 Å². The van der Waals surface area contributed by atoms with E-state index in [4.69, 9.17) is 5.26 Å². The Morgan fingerprint density at radius 1 is 1.52 bits per heavy atom. The number of nitrogens with zero attached hydrogens (tertiary/aromatic N) is 3. The van der Waals surface area contributed by atoms with E-state index < -0.39 is 6.17 Å². The molecule has 0 spiro atoms. The van der Waals surface area contributed by atoms with E-state index >= 15 is 0 Å². The van der Waals surface area contributed by atoms with Gasteiger partial charge in [-0.05, 0) is 18.6 Å². The largest absolute Gasteiger partial charge is 0.345 e. The molecule has 6 heteroatoms. The third-order valence-corrected chi connectivity index (χ3v) is 4.43. The number of alkyl halides is 1. The fraction of sp³-hybridized carbons (Fsp3) is 0.267. The second-order valence-electron chi connectivity index (χ2n) is 4.86. The van der Waals surface area contributed by atoms with Crippen molar-refractivity contribution >= 4 is 22.3 Å². The molecule has 1 fully saturated rings. The molecule has 106 valence electrons. The lowest BCUT2D eigenvalue weighted by molar-refractivity contribution is 0.104. The molecule has 2 aromatic rings. The van der Waals surface area contributed by atoms with E-state index in [9.17, 15) is 9.18 Å². The fourth-order valence-corrected chi connectivity index (χ4v) is 3.19. The highest BCUT2D eigenvalue weighted by Gasteiger charge is 2.25. The van der Waals surface area contributed by atoms with E-state index in [1.54, 1.807) is 24.3 Å². The first-order chi connectivity index (χ1) is 10.2. The zero-order valence-electron chi connectivity index (χ0n) is 11.1. The molecule has 1 aliphatic heterocycles. The van der Waals surface area contributed by atoms with Crippen LogP contribution in [0.25, 0.3) is 0 Å². The van der Waals surface area contributed by atoms with Crippen LogP contribution in [0.15, 0.2) is 30.5 Å². The van der Waals surface area contributed by atoms with Gasteiger partial charge in [-0.25, -0.2) is 9.37 Å². The lowest BCUT2D eigenvalue weighted by atomic mass is 10.1. The first-order valence-corrected chi connectivity index (χ1v) is 7.39. The summed E-state index contributed by atoms with van der Waals surface area (Å²) in [4.78, 5) is 19.0. The molecule has 4 nitrogen and oxygen atoms in total. The van der Waals surface area contributed by atoms with Crippen LogP contribution in [-0.4, -0.2) is 30.0 Å². The molecule has 0 N–H and O–H groups in total. The highest BCUT2D eigenvalue weighted by molar-refractivity contribution is 7.17. The van der Waals surface area contributed by atoms with Gasteiger partial charge < -0.3 is 4.90 Å². The number of anilines is 1. The number of ketones is 1. The summed E-state index contributed by atoms with van der Waals surface area (Å²) in [5.74, 6) is -0.160. The van der Waals surface area contributed by atoms with Gasteiger partial charge in [0.15, 0.2) is 5.13 Å². The summed E-state index contributed by atoms with van der Waals surface area (Å²) in [6.07, 6.45) is 1.21. The molecule has 0 radical (unpaired) electrons. The number of aromatic nitrogens is 1. The van der Waals surface area contributed by atoms with Gasteiger partial charge in [-0.1, -0.05) is 23.5 Å². The predicted octanol–water partition coefficient (Wildman–Crippen LogP) is 2.79. The second kappa shape index (κ2) is 5.62. The van der Waals surface area contributed by atoms with Gasteiger partial charge in [-0.15, -0.1) is 0 Å². The van der Waals surface area contributed by atoms with Crippen LogP contribution in [0.5, 0.6) is 0 Å². The lowest BCUT2D eigenvalue weighted by Gasteiger charge is -2.12. The van der Waals surface area contributed by atoms with Crippen molar-refractivity contribution in [3.8, 4) is 6.07 Å². The Morgan fingerprint density at radius 2 is 2.38 bits per heavy atom. The first kappa shape index (κ1) is 13.7. The van der Waals surface area contributed by atoms with Crippen LogP contribution in [0.3, 0.4) is 0 Å². The Kier molecular flexibility index (Phi) is 3.67. The van der Waals surface area contributed by atoms with E-state index in [0.29, 0.717) is 40.6 Å². The number of thiazole rings is 1. The molecule has 3 rings (SSSR count). The van der Waals surface area contributed by atoms with Crippen LogP contribution in [0, 0.1) is 11.3 Å². The fourth-order valence-electron chi connectivity index (χ4n) is 2.28. The average molecular weight is 301 g/mol. The van der Waals surface area contributed by atoms with Crippen molar-refractivity contribution in [2.24, 2.45) is 0 Å². The van der Waals surface area contributed by atoms with Crippen LogP contribution in [0.1, 0.15) is 27.2 Å². The number of benzene rings is 1. The van der Waals surface area contributed by atoms with Gasteiger partial charge in [-0.3, -0.25) is 4.79 Å². The van der Waals surface area contributed by atoms with Crippen molar-refractivity contribution in [3.05, 3.63) is 46.5 Å².